The molecule has 1 aliphatic heterocycles. The van der Waals surface area contributed by atoms with Gasteiger partial charge in [-0.1, -0.05) is 0 Å². The average Bonchev–Trinajstić information content (AvgIpc) is 2.61. The third kappa shape index (κ3) is 3.85. The quantitative estimate of drug-likeness (QED) is 0.943. The number of nitrogens with zero attached hydrogens (tertiary/aromatic N) is 3. The van der Waals surface area contributed by atoms with Crippen molar-refractivity contribution >= 4 is 5.69 Å². The average molecular weight is 310 g/mol. The van der Waals surface area contributed by atoms with E-state index in [1.165, 1.54) is 11.6 Å². The molecule has 5 heteroatoms. The fraction of sp³-hybridized carbons (Fsp3) is 0.333. The first-order chi connectivity index (χ1) is 11.3. The number of piperidine rings is 1. The van der Waals surface area contributed by atoms with Crippen molar-refractivity contribution in [3.8, 4) is 6.07 Å². The van der Waals surface area contributed by atoms with Crippen molar-refractivity contribution in [1.29, 1.82) is 5.26 Å². The molecule has 1 aliphatic rings. The summed E-state index contributed by atoms with van der Waals surface area (Å²) in [6, 6.07) is 11.0. The SMILES string of the molecule is N#Cc1ccc(N2CCCC(NCc3ccncc3)C2)c(F)c1. The van der Waals surface area contributed by atoms with E-state index in [0.717, 1.165) is 32.5 Å². The molecule has 2 heterocycles. The number of hydrogen-bond acceptors (Lipinski definition) is 4. The summed E-state index contributed by atoms with van der Waals surface area (Å²) >= 11 is 0. The van der Waals surface area contributed by atoms with Gasteiger partial charge < -0.3 is 10.2 Å². The minimum Gasteiger partial charge on any atom is -0.368 e. The van der Waals surface area contributed by atoms with Gasteiger partial charge in [-0.25, -0.2) is 4.39 Å². The molecule has 0 radical (unpaired) electrons. The Labute approximate surface area is 135 Å². The van der Waals surface area contributed by atoms with Crippen LogP contribution in [0.2, 0.25) is 0 Å². The lowest BCUT2D eigenvalue weighted by molar-refractivity contribution is 0.418. The van der Waals surface area contributed by atoms with E-state index in [9.17, 15) is 4.39 Å². The highest BCUT2D eigenvalue weighted by atomic mass is 19.1. The van der Waals surface area contributed by atoms with Gasteiger partial charge in [0.25, 0.3) is 0 Å². The van der Waals surface area contributed by atoms with Crippen LogP contribution in [0.15, 0.2) is 42.7 Å². The standard InChI is InChI=1S/C18H19FN4/c19-17-10-15(11-20)3-4-18(17)23-9-1-2-16(13-23)22-12-14-5-7-21-8-6-14/h3-8,10,16,22H,1-2,9,12-13H2. The number of hydrogen-bond donors (Lipinski definition) is 1. The number of benzene rings is 1. The third-order valence-electron chi connectivity index (χ3n) is 4.18. The molecular formula is C18H19FN4. The van der Waals surface area contributed by atoms with Crippen molar-refractivity contribution in [2.24, 2.45) is 0 Å². The molecule has 23 heavy (non-hydrogen) atoms. The molecule has 0 spiro atoms. The molecular weight excluding hydrogens is 291 g/mol. The first-order valence-corrected chi connectivity index (χ1v) is 7.83. The monoisotopic (exact) mass is 310 g/mol. The van der Waals surface area contributed by atoms with E-state index < -0.39 is 0 Å². The van der Waals surface area contributed by atoms with Crippen molar-refractivity contribution in [2.45, 2.75) is 25.4 Å². The van der Waals surface area contributed by atoms with E-state index in [0.29, 0.717) is 17.3 Å². The highest BCUT2D eigenvalue weighted by Gasteiger charge is 2.21. The van der Waals surface area contributed by atoms with Crippen LogP contribution in [0, 0.1) is 17.1 Å². The lowest BCUT2D eigenvalue weighted by Gasteiger charge is -2.35. The zero-order valence-electron chi connectivity index (χ0n) is 12.9. The summed E-state index contributed by atoms with van der Waals surface area (Å²) < 4.78 is 14.2. The Kier molecular flexibility index (Phi) is 4.84. The third-order valence-corrected chi connectivity index (χ3v) is 4.18. The summed E-state index contributed by atoms with van der Waals surface area (Å²) in [6.07, 6.45) is 5.68. The zero-order chi connectivity index (χ0) is 16.1. The number of nitrogens with one attached hydrogen (secondary N) is 1. The summed E-state index contributed by atoms with van der Waals surface area (Å²) in [5.74, 6) is -0.321. The van der Waals surface area contributed by atoms with Gasteiger partial charge in [0.2, 0.25) is 0 Å². The molecule has 1 fully saturated rings. The van der Waals surface area contributed by atoms with Gasteiger partial charge in [0.15, 0.2) is 0 Å². The number of halogens is 1. The van der Waals surface area contributed by atoms with Gasteiger partial charge in [-0.15, -0.1) is 0 Å². The van der Waals surface area contributed by atoms with Gasteiger partial charge in [0.05, 0.1) is 17.3 Å². The van der Waals surface area contributed by atoms with E-state index in [1.807, 2.05) is 18.2 Å². The second-order valence-electron chi connectivity index (χ2n) is 5.80. The van der Waals surface area contributed by atoms with Gasteiger partial charge in [-0.05, 0) is 48.7 Å². The van der Waals surface area contributed by atoms with Crippen molar-refractivity contribution < 1.29 is 4.39 Å². The Hall–Kier alpha value is -2.45. The second-order valence-corrected chi connectivity index (χ2v) is 5.80. The lowest BCUT2D eigenvalue weighted by atomic mass is 10.0. The van der Waals surface area contributed by atoms with Crippen LogP contribution in [-0.4, -0.2) is 24.1 Å². The van der Waals surface area contributed by atoms with Crippen molar-refractivity contribution in [3.05, 3.63) is 59.7 Å². The number of rotatable bonds is 4. The van der Waals surface area contributed by atoms with Gasteiger partial charge >= 0.3 is 0 Å². The fourth-order valence-corrected chi connectivity index (χ4v) is 2.96. The molecule has 1 aromatic heterocycles. The summed E-state index contributed by atoms with van der Waals surface area (Å²) in [5, 5.41) is 12.4. The van der Waals surface area contributed by atoms with Crippen LogP contribution >= 0.6 is 0 Å². The highest BCUT2D eigenvalue weighted by Crippen LogP contribution is 2.24. The molecule has 4 nitrogen and oxygen atoms in total. The largest absolute Gasteiger partial charge is 0.368 e. The number of anilines is 1. The topological polar surface area (TPSA) is 52.0 Å². The van der Waals surface area contributed by atoms with Crippen LogP contribution in [0.3, 0.4) is 0 Å². The number of aromatic nitrogens is 1. The van der Waals surface area contributed by atoms with Gasteiger partial charge in [-0.3, -0.25) is 4.98 Å². The van der Waals surface area contributed by atoms with Crippen LogP contribution < -0.4 is 10.2 Å². The first-order valence-electron chi connectivity index (χ1n) is 7.83. The smallest absolute Gasteiger partial charge is 0.147 e. The van der Waals surface area contributed by atoms with E-state index >= 15 is 0 Å². The summed E-state index contributed by atoms with van der Waals surface area (Å²) in [7, 11) is 0. The Balaban J connectivity index is 1.63. The molecule has 1 saturated heterocycles. The second kappa shape index (κ2) is 7.21. The molecule has 0 bridgehead atoms. The molecule has 0 amide bonds. The normalized spacial score (nSPS) is 17.7. The van der Waals surface area contributed by atoms with Crippen molar-refractivity contribution in [2.75, 3.05) is 18.0 Å². The van der Waals surface area contributed by atoms with E-state index in [4.69, 9.17) is 5.26 Å². The Morgan fingerprint density at radius 1 is 1.30 bits per heavy atom. The maximum absolute atomic E-state index is 14.2. The maximum atomic E-state index is 14.2. The van der Waals surface area contributed by atoms with Crippen LogP contribution in [-0.2, 0) is 6.54 Å². The Morgan fingerprint density at radius 3 is 2.87 bits per heavy atom. The van der Waals surface area contributed by atoms with Crippen molar-refractivity contribution in [3.63, 3.8) is 0 Å². The zero-order valence-corrected chi connectivity index (χ0v) is 12.9. The highest BCUT2D eigenvalue weighted by molar-refractivity contribution is 5.51. The number of pyridine rings is 1. The van der Waals surface area contributed by atoms with Crippen molar-refractivity contribution in [1.82, 2.24) is 10.3 Å². The van der Waals surface area contributed by atoms with Gasteiger partial charge in [0.1, 0.15) is 5.82 Å². The van der Waals surface area contributed by atoms with E-state index in [2.05, 4.69) is 15.2 Å². The summed E-state index contributed by atoms with van der Waals surface area (Å²) in [5.41, 5.74) is 2.14. The molecule has 1 unspecified atom stereocenters. The molecule has 2 aromatic rings. The molecule has 1 atom stereocenters. The Morgan fingerprint density at radius 2 is 2.13 bits per heavy atom. The summed E-state index contributed by atoms with van der Waals surface area (Å²) in [4.78, 5) is 6.07. The van der Waals surface area contributed by atoms with Gasteiger partial charge in [-0.2, -0.15) is 5.26 Å². The number of nitriles is 1. The van der Waals surface area contributed by atoms with E-state index in [-0.39, 0.29) is 5.82 Å². The molecule has 0 saturated carbocycles. The lowest BCUT2D eigenvalue weighted by Crippen LogP contribution is -2.45. The molecule has 1 aromatic carbocycles. The minimum atomic E-state index is -0.321. The predicted octanol–water partition coefficient (Wildman–Crippen LogP) is 2.85. The predicted molar refractivity (Wildman–Crippen MR) is 87.4 cm³/mol. The first kappa shape index (κ1) is 15.4. The molecule has 0 aliphatic carbocycles. The minimum absolute atomic E-state index is 0.321. The van der Waals surface area contributed by atoms with Crippen LogP contribution in [0.25, 0.3) is 0 Å². The Bertz CT molecular complexity index is 696. The van der Waals surface area contributed by atoms with Crippen LogP contribution in [0.5, 0.6) is 0 Å². The van der Waals surface area contributed by atoms with E-state index in [1.54, 1.807) is 24.5 Å². The van der Waals surface area contributed by atoms with Crippen LogP contribution in [0.1, 0.15) is 24.0 Å². The maximum Gasteiger partial charge on any atom is 0.147 e. The molecule has 1 N–H and O–H groups in total. The summed E-state index contributed by atoms with van der Waals surface area (Å²) in [6.45, 7) is 2.40. The fourth-order valence-electron chi connectivity index (χ4n) is 2.96. The van der Waals surface area contributed by atoms with Crippen LogP contribution in [0.4, 0.5) is 10.1 Å². The molecule has 118 valence electrons. The molecule has 3 rings (SSSR count). The van der Waals surface area contributed by atoms with Gasteiger partial charge in [0, 0.05) is 38.1 Å².